The van der Waals surface area contributed by atoms with E-state index in [9.17, 15) is 22.4 Å². The summed E-state index contributed by atoms with van der Waals surface area (Å²) in [6.07, 6.45) is -4.80. The van der Waals surface area contributed by atoms with Crippen molar-refractivity contribution in [2.24, 2.45) is 7.05 Å². The van der Waals surface area contributed by atoms with Crippen molar-refractivity contribution < 1.29 is 27.5 Å². The number of alkyl halides is 3. The number of aromatic nitrogens is 1. The van der Waals surface area contributed by atoms with E-state index in [2.05, 4.69) is 0 Å². The Bertz CT molecular complexity index is 673. The van der Waals surface area contributed by atoms with Crippen molar-refractivity contribution in [1.82, 2.24) is 4.57 Å². The monoisotopic (exact) mass is 287 g/mol. The molecule has 3 nitrogen and oxygen atoms in total. The van der Waals surface area contributed by atoms with Gasteiger partial charge in [-0.1, -0.05) is 0 Å². The van der Waals surface area contributed by atoms with Gasteiger partial charge in [-0.15, -0.1) is 0 Å². The standard InChI is InChI=1S/C13H9F4NO2/c1-18-10(4-5-11(18)12(19)20)7-2-3-9(14)8(6-7)13(15,16)17/h2-6H,1H3,(H,19,20). The van der Waals surface area contributed by atoms with Gasteiger partial charge in [0.15, 0.2) is 0 Å². The Morgan fingerprint density at radius 3 is 2.35 bits per heavy atom. The molecule has 0 saturated carbocycles. The summed E-state index contributed by atoms with van der Waals surface area (Å²) in [5.41, 5.74) is -1.10. The molecule has 0 aliphatic heterocycles. The Labute approximate surface area is 111 Å². The van der Waals surface area contributed by atoms with Crippen molar-refractivity contribution in [3.8, 4) is 11.3 Å². The number of carbonyl (C=O) groups is 1. The van der Waals surface area contributed by atoms with Gasteiger partial charge in [0.2, 0.25) is 0 Å². The maximum absolute atomic E-state index is 13.2. The minimum absolute atomic E-state index is 0.0714. The molecule has 0 atom stereocenters. The molecule has 106 valence electrons. The highest BCUT2D eigenvalue weighted by Gasteiger charge is 2.34. The van der Waals surface area contributed by atoms with Crippen LogP contribution in [0.3, 0.4) is 0 Å². The first-order valence-electron chi connectivity index (χ1n) is 5.48. The van der Waals surface area contributed by atoms with Crippen molar-refractivity contribution in [2.45, 2.75) is 6.18 Å². The molecule has 2 rings (SSSR count). The largest absolute Gasteiger partial charge is 0.477 e. The number of benzene rings is 1. The summed E-state index contributed by atoms with van der Waals surface area (Å²) in [7, 11) is 1.41. The van der Waals surface area contributed by atoms with E-state index in [1.54, 1.807) is 0 Å². The normalized spacial score (nSPS) is 11.7. The first-order valence-corrected chi connectivity index (χ1v) is 5.48. The van der Waals surface area contributed by atoms with E-state index < -0.39 is 23.5 Å². The molecule has 0 aliphatic rings. The van der Waals surface area contributed by atoms with Gasteiger partial charge >= 0.3 is 12.1 Å². The summed E-state index contributed by atoms with van der Waals surface area (Å²) in [6, 6.07) is 5.19. The van der Waals surface area contributed by atoms with Crippen LogP contribution in [0.1, 0.15) is 16.1 Å². The quantitative estimate of drug-likeness (QED) is 0.858. The third-order valence-corrected chi connectivity index (χ3v) is 2.91. The van der Waals surface area contributed by atoms with E-state index in [1.165, 1.54) is 29.8 Å². The van der Waals surface area contributed by atoms with E-state index in [4.69, 9.17) is 5.11 Å². The van der Waals surface area contributed by atoms with Crippen LogP contribution in [0.15, 0.2) is 30.3 Å². The number of halogens is 4. The second-order valence-electron chi connectivity index (χ2n) is 4.16. The van der Waals surface area contributed by atoms with Gasteiger partial charge in [0, 0.05) is 12.7 Å². The van der Waals surface area contributed by atoms with Crippen LogP contribution in [0.5, 0.6) is 0 Å². The second-order valence-corrected chi connectivity index (χ2v) is 4.16. The van der Waals surface area contributed by atoms with E-state index >= 15 is 0 Å². The first kappa shape index (κ1) is 14.1. The first-order chi connectivity index (χ1) is 9.21. The maximum Gasteiger partial charge on any atom is 0.419 e. The molecule has 2 aromatic rings. The van der Waals surface area contributed by atoms with Crippen molar-refractivity contribution in [2.75, 3.05) is 0 Å². The van der Waals surface area contributed by atoms with Crippen LogP contribution in [0.25, 0.3) is 11.3 Å². The Morgan fingerprint density at radius 2 is 1.85 bits per heavy atom. The molecular formula is C13H9F4NO2. The topological polar surface area (TPSA) is 42.2 Å². The molecule has 1 aromatic heterocycles. The molecule has 7 heteroatoms. The third-order valence-electron chi connectivity index (χ3n) is 2.91. The van der Waals surface area contributed by atoms with Crippen molar-refractivity contribution in [1.29, 1.82) is 0 Å². The zero-order valence-electron chi connectivity index (χ0n) is 10.2. The van der Waals surface area contributed by atoms with E-state index in [-0.39, 0.29) is 17.0 Å². The van der Waals surface area contributed by atoms with E-state index in [0.717, 1.165) is 0 Å². The van der Waals surface area contributed by atoms with Gasteiger partial charge in [0.05, 0.1) is 5.56 Å². The smallest absolute Gasteiger partial charge is 0.419 e. The average Bonchev–Trinajstić information content (AvgIpc) is 2.70. The molecule has 1 N–H and O–H groups in total. The molecule has 0 saturated heterocycles. The van der Waals surface area contributed by atoms with Gasteiger partial charge in [-0.25, -0.2) is 9.18 Å². The zero-order valence-corrected chi connectivity index (χ0v) is 10.2. The number of carboxylic acid groups (broad SMARTS) is 1. The fourth-order valence-electron chi connectivity index (χ4n) is 1.92. The number of nitrogens with zero attached hydrogens (tertiary/aromatic N) is 1. The lowest BCUT2D eigenvalue weighted by Gasteiger charge is -2.11. The Hall–Kier alpha value is -2.31. The number of hydrogen-bond donors (Lipinski definition) is 1. The number of hydrogen-bond acceptors (Lipinski definition) is 1. The minimum Gasteiger partial charge on any atom is -0.477 e. The lowest BCUT2D eigenvalue weighted by atomic mass is 10.1. The summed E-state index contributed by atoms with van der Waals surface area (Å²) in [4.78, 5) is 10.9. The fourth-order valence-corrected chi connectivity index (χ4v) is 1.92. The number of carboxylic acids is 1. The minimum atomic E-state index is -4.80. The van der Waals surface area contributed by atoms with Crippen LogP contribution in [0.4, 0.5) is 17.6 Å². The molecule has 1 heterocycles. The molecule has 0 bridgehead atoms. The average molecular weight is 287 g/mol. The molecule has 0 unspecified atom stereocenters. The maximum atomic E-state index is 13.2. The highest BCUT2D eigenvalue weighted by atomic mass is 19.4. The van der Waals surface area contributed by atoms with E-state index in [1.807, 2.05) is 0 Å². The van der Waals surface area contributed by atoms with Crippen LogP contribution in [-0.2, 0) is 13.2 Å². The molecule has 1 aromatic carbocycles. The Kier molecular flexibility index (Phi) is 3.29. The molecule has 0 radical (unpaired) electrons. The zero-order chi connectivity index (χ0) is 15.1. The SMILES string of the molecule is Cn1c(C(=O)O)ccc1-c1ccc(F)c(C(F)(F)F)c1. The summed E-state index contributed by atoms with van der Waals surface area (Å²) in [6.45, 7) is 0. The molecule has 0 spiro atoms. The molecule has 0 aliphatic carbocycles. The van der Waals surface area contributed by atoms with E-state index in [0.29, 0.717) is 12.1 Å². The highest BCUT2D eigenvalue weighted by molar-refractivity contribution is 5.87. The third kappa shape index (κ3) is 2.38. The predicted molar refractivity (Wildman–Crippen MR) is 62.8 cm³/mol. The van der Waals surface area contributed by atoms with Crippen molar-refractivity contribution in [3.05, 3.63) is 47.4 Å². The second kappa shape index (κ2) is 4.66. The van der Waals surface area contributed by atoms with Gasteiger partial charge in [-0.2, -0.15) is 13.2 Å². The van der Waals surface area contributed by atoms with Crippen LogP contribution in [0.2, 0.25) is 0 Å². The Morgan fingerprint density at radius 1 is 1.20 bits per heavy atom. The van der Waals surface area contributed by atoms with Gasteiger partial charge in [-0.05, 0) is 35.9 Å². The number of rotatable bonds is 2. The van der Waals surface area contributed by atoms with Gasteiger partial charge < -0.3 is 9.67 Å². The number of aromatic carboxylic acids is 1. The lowest BCUT2D eigenvalue weighted by molar-refractivity contribution is -0.139. The van der Waals surface area contributed by atoms with Gasteiger partial charge in [0.1, 0.15) is 11.5 Å². The van der Waals surface area contributed by atoms with Gasteiger partial charge in [-0.3, -0.25) is 0 Å². The summed E-state index contributed by atoms with van der Waals surface area (Å²) < 4.78 is 52.3. The highest BCUT2D eigenvalue weighted by Crippen LogP contribution is 2.34. The van der Waals surface area contributed by atoms with Gasteiger partial charge in [0.25, 0.3) is 0 Å². The van der Waals surface area contributed by atoms with Crippen LogP contribution in [0, 0.1) is 5.82 Å². The predicted octanol–water partition coefficient (Wildman–Crippen LogP) is 3.55. The molecule has 0 fully saturated rings. The summed E-state index contributed by atoms with van der Waals surface area (Å²) in [5.74, 6) is -2.56. The van der Waals surface area contributed by atoms with Crippen molar-refractivity contribution >= 4 is 5.97 Å². The fraction of sp³-hybridized carbons (Fsp3) is 0.154. The Balaban J connectivity index is 2.57. The van der Waals surface area contributed by atoms with Crippen LogP contribution >= 0.6 is 0 Å². The van der Waals surface area contributed by atoms with Crippen molar-refractivity contribution in [3.63, 3.8) is 0 Å². The molecule has 0 amide bonds. The summed E-state index contributed by atoms with van der Waals surface area (Å²) >= 11 is 0. The molecular weight excluding hydrogens is 278 g/mol. The van der Waals surface area contributed by atoms with Crippen LogP contribution < -0.4 is 0 Å². The summed E-state index contributed by atoms with van der Waals surface area (Å²) in [5, 5.41) is 8.89. The molecule has 20 heavy (non-hydrogen) atoms. The lowest BCUT2D eigenvalue weighted by Crippen LogP contribution is -2.09. The van der Waals surface area contributed by atoms with Crippen LogP contribution in [-0.4, -0.2) is 15.6 Å².